The van der Waals surface area contributed by atoms with E-state index >= 15 is 0 Å². The molecule has 0 aromatic rings. The van der Waals surface area contributed by atoms with Gasteiger partial charge in [-0.15, -0.1) is 0 Å². The molecule has 0 spiro atoms. The molecule has 0 aromatic carbocycles. The molecule has 34 heavy (non-hydrogen) atoms. The largest absolute Gasteiger partial charge is 0.481 e. The fourth-order valence-electron chi connectivity index (χ4n) is 11.0. The number of aliphatic carboxylic acids is 1. The Labute approximate surface area is 206 Å². The second-order valence-corrected chi connectivity index (χ2v) is 14.6. The van der Waals surface area contributed by atoms with Crippen LogP contribution in [-0.2, 0) is 4.79 Å². The zero-order valence-corrected chi connectivity index (χ0v) is 22.5. The zero-order valence-electron chi connectivity index (χ0n) is 22.5. The van der Waals surface area contributed by atoms with E-state index in [1.165, 1.54) is 5.57 Å². The molecule has 4 heteroatoms. The lowest BCUT2D eigenvalue weighted by atomic mass is 9.33. The Hall–Kier alpha value is -0.870. The zero-order chi connectivity index (χ0) is 25.1. The highest BCUT2D eigenvalue weighted by Crippen LogP contribution is 2.75. The van der Waals surface area contributed by atoms with Crippen molar-refractivity contribution in [2.24, 2.45) is 56.7 Å². The molecular weight excluding hydrogens is 424 g/mol. The predicted octanol–water partition coefficient (Wildman–Crippen LogP) is 6.06. The molecule has 0 amide bonds. The van der Waals surface area contributed by atoms with Crippen LogP contribution in [0.1, 0.15) is 99.8 Å². The third-order valence-electron chi connectivity index (χ3n) is 13.4. The highest BCUT2D eigenvalue weighted by atomic mass is 16.4. The van der Waals surface area contributed by atoms with Gasteiger partial charge in [-0.3, -0.25) is 4.79 Å². The lowest BCUT2D eigenvalue weighted by Gasteiger charge is -2.71. The number of aliphatic hydroxyl groups excluding tert-OH is 2. The van der Waals surface area contributed by atoms with Crippen molar-refractivity contribution in [1.29, 1.82) is 0 Å². The van der Waals surface area contributed by atoms with Crippen LogP contribution in [0.2, 0.25) is 0 Å². The number of hydrogen-bond donors (Lipinski definition) is 3. The normalized spacial score (nSPS) is 56.3. The molecule has 0 radical (unpaired) electrons. The van der Waals surface area contributed by atoms with Crippen molar-refractivity contribution in [3.05, 3.63) is 11.6 Å². The van der Waals surface area contributed by atoms with Crippen LogP contribution < -0.4 is 0 Å². The molecule has 192 valence electrons. The summed E-state index contributed by atoms with van der Waals surface area (Å²) in [5.41, 5.74) is 0.574. The van der Waals surface area contributed by atoms with Crippen LogP contribution in [0.3, 0.4) is 0 Å². The number of rotatable bonds is 1. The molecule has 2 unspecified atom stereocenters. The first-order valence-electron chi connectivity index (χ1n) is 14.0. The fraction of sp³-hybridized carbons (Fsp3) is 0.900. The number of carboxylic acids is 1. The van der Waals surface area contributed by atoms with Gasteiger partial charge < -0.3 is 15.3 Å². The fourth-order valence-corrected chi connectivity index (χ4v) is 11.0. The third-order valence-corrected chi connectivity index (χ3v) is 13.4. The summed E-state index contributed by atoms with van der Waals surface area (Å²) in [5, 5.41) is 32.4. The van der Waals surface area contributed by atoms with Crippen molar-refractivity contribution in [2.45, 2.75) is 112 Å². The van der Waals surface area contributed by atoms with E-state index in [-0.39, 0.29) is 27.6 Å². The number of fused-ring (bicyclic) bond motifs is 7. The third kappa shape index (κ3) is 2.76. The SMILES string of the molecule is C[C@H]1[C@H](C)CC[C@]2(C(=O)O)CC[C@]3(C)C(=CCC4[C@@]5(C)C[C@@H](O)[C@H](O)C(C)(C)C5CC[C@]43C)[C@H]12. The maximum atomic E-state index is 12.8. The number of hydrogen-bond acceptors (Lipinski definition) is 3. The second-order valence-electron chi connectivity index (χ2n) is 14.6. The van der Waals surface area contributed by atoms with Crippen LogP contribution in [0.4, 0.5) is 0 Å². The molecule has 5 aliphatic carbocycles. The molecule has 4 saturated carbocycles. The lowest BCUT2D eigenvalue weighted by Crippen LogP contribution is -2.67. The Kier molecular flexibility index (Phi) is 5.36. The molecule has 11 atom stereocenters. The van der Waals surface area contributed by atoms with Crippen LogP contribution in [0.5, 0.6) is 0 Å². The van der Waals surface area contributed by atoms with Gasteiger partial charge in [0.25, 0.3) is 0 Å². The maximum absolute atomic E-state index is 12.8. The lowest BCUT2D eigenvalue weighted by molar-refractivity contribution is -0.232. The molecular formula is C30H48O4. The van der Waals surface area contributed by atoms with Crippen LogP contribution >= 0.6 is 0 Å². The molecule has 4 nitrogen and oxygen atoms in total. The summed E-state index contributed by atoms with van der Waals surface area (Å²) in [6, 6.07) is 0. The first kappa shape index (κ1) is 24.8. The topological polar surface area (TPSA) is 77.8 Å². The summed E-state index contributed by atoms with van der Waals surface area (Å²) in [7, 11) is 0. The number of aliphatic hydroxyl groups is 2. The van der Waals surface area contributed by atoms with E-state index in [0.717, 1.165) is 44.9 Å². The van der Waals surface area contributed by atoms with Crippen molar-refractivity contribution in [3.63, 3.8) is 0 Å². The summed E-state index contributed by atoms with van der Waals surface area (Å²) in [4.78, 5) is 12.8. The van der Waals surface area contributed by atoms with E-state index in [4.69, 9.17) is 0 Å². The maximum Gasteiger partial charge on any atom is 0.310 e. The van der Waals surface area contributed by atoms with Crippen LogP contribution in [-0.4, -0.2) is 33.5 Å². The van der Waals surface area contributed by atoms with Gasteiger partial charge in [-0.2, -0.15) is 0 Å². The molecule has 5 rings (SSSR count). The predicted molar refractivity (Wildman–Crippen MR) is 134 cm³/mol. The number of carboxylic acid groups (broad SMARTS) is 1. The van der Waals surface area contributed by atoms with Gasteiger partial charge in [0.05, 0.1) is 17.6 Å². The summed E-state index contributed by atoms with van der Waals surface area (Å²) >= 11 is 0. The number of allylic oxidation sites excluding steroid dienone is 2. The average molecular weight is 473 g/mol. The highest BCUT2D eigenvalue weighted by molar-refractivity contribution is 5.76. The Morgan fingerprint density at radius 1 is 0.941 bits per heavy atom. The van der Waals surface area contributed by atoms with Gasteiger partial charge >= 0.3 is 5.97 Å². The van der Waals surface area contributed by atoms with E-state index < -0.39 is 23.6 Å². The Morgan fingerprint density at radius 3 is 2.26 bits per heavy atom. The van der Waals surface area contributed by atoms with E-state index in [2.05, 4.69) is 54.5 Å². The minimum Gasteiger partial charge on any atom is -0.481 e. The van der Waals surface area contributed by atoms with Gasteiger partial charge in [0.1, 0.15) is 0 Å². The summed E-state index contributed by atoms with van der Waals surface area (Å²) < 4.78 is 0. The Morgan fingerprint density at radius 2 is 1.62 bits per heavy atom. The average Bonchev–Trinajstić information content (AvgIpc) is 2.75. The minimum absolute atomic E-state index is 0.00993. The molecule has 0 aliphatic heterocycles. The van der Waals surface area contributed by atoms with Gasteiger partial charge in [0.2, 0.25) is 0 Å². The van der Waals surface area contributed by atoms with Gasteiger partial charge in [0.15, 0.2) is 0 Å². The van der Waals surface area contributed by atoms with Gasteiger partial charge in [-0.05, 0) is 103 Å². The van der Waals surface area contributed by atoms with Crippen molar-refractivity contribution in [3.8, 4) is 0 Å². The smallest absolute Gasteiger partial charge is 0.310 e. The molecule has 4 fully saturated rings. The molecule has 0 saturated heterocycles. The van der Waals surface area contributed by atoms with Crippen LogP contribution in [0, 0.1) is 56.7 Å². The van der Waals surface area contributed by atoms with E-state index in [9.17, 15) is 20.1 Å². The van der Waals surface area contributed by atoms with Crippen molar-refractivity contribution >= 4 is 5.97 Å². The minimum atomic E-state index is -0.679. The molecule has 0 bridgehead atoms. The van der Waals surface area contributed by atoms with Gasteiger partial charge in [-0.1, -0.05) is 60.1 Å². The number of carbonyl (C=O) groups is 1. The van der Waals surface area contributed by atoms with Crippen LogP contribution in [0.25, 0.3) is 0 Å². The van der Waals surface area contributed by atoms with Crippen molar-refractivity contribution in [1.82, 2.24) is 0 Å². The standard InChI is InChI=1S/C30H48O4/c1-17-10-13-30(25(33)34)15-14-28(6)19(23(30)18(17)2)8-9-22-27(5)16-20(31)24(32)26(3,4)21(27)11-12-29(22,28)7/h8,17-18,20-24,31-32H,9-16H2,1-7H3,(H,33,34)/t17-,18+,20-,21?,22?,23+,24+,27+,28-,29-,30+/m1/s1. The molecule has 5 aliphatic rings. The van der Waals surface area contributed by atoms with E-state index in [0.29, 0.717) is 30.1 Å². The molecule has 0 heterocycles. The molecule has 3 N–H and O–H groups in total. The van der Waals surface area contributed by atoms with Crippen molar-refractivity contribution < 1.29 is 20.1 Å². The van der Waals surface area contributed by atoms with Gasteiger partial charge in [-0.25, -0.2) is 0 Å². The van der Waals surface area contributed by atoms with Crippen molar-refractivity contribution in [2.75, 3.05) is 0 Å². The quantitative estimate of drug-likeness (QED) is 0.405. The van der Waals surface area contributed by atoms with Crippen LogP contribution in [0.15, 0.2) is 11.6 Å². The second kappa shape index (κ2) is 7.34. The highest BCUT2D eigenvalue weighted by Gasteiger charge is 2.70. The first-order chi connectivity index (χ1) is 15.7. The summed E-state index contributed by atoms with van der Waals surface area (Å²) in [6.07, 6.45) is 8.53. The molecule has 0 aromatic heterocycles. The Balaban J connectivity index is 1.62. The summed E-state index contributed by atoms with van der Waals surface area (Å²) in [6.45, 7) is 16.3. The summed E-state index contributed by atoms with van der Waals surface area (Å²) in [5.74, 6) is 1.30. The van der Waals surface area contributed by atoms with E-state index in [1.807, 2.05) is 0 Å². The monoisotopic (exact) mass is 472 g/mol. The first-order valence-corrected chi connectivity index (χ1v) is 14.0. The van der Waals surface area contributed by atoms with E-state index in [1.54, 1.807) is 0 Å². The van der Waals surface area contributed by atoms with Gasteiger partial charge in [0, 0.05) is 0 Å². The Bertz CT molecular complexity index is 907.